The molecule has 172 valence electrons. The fraction of sp³-hybridized carbons (Fsp3) is 0.417. The highest BCUT2D eigenvalue weighted by molar-refractivity contribution is 5.74. The summed E-state index contributed by atoms with van der Waals surface area (Å²) in [6, 6.07) is 11.6. The predicted molar refractivity (Wildman–Crippen MR) is 119 cm³/mol. The molecular formula is C24H30F2N4O2. The van der Waals surface area contributed by atoms with Crippen molar-refractivity contribution in [2.45, 2.75) is 38.8 Å². The van der Waals surface area contributed by atoms with Gasteiger partial charge in [0.25, 0.3) is 0 Å². The quantitative estimate of drug-likeness (QED) is 0.495. The van der Waals surface area contributed by atoms with Crippen LogP contribution in [0.1, 0.15) is 36.8 Å². The Balaban J connectivity index is 1.30. The summed E-state index contributed by atoms with van der Waals surface area (Å²) in [5.41, 5.74) is 1.67. The van der Waals surface area contributed by atoms with Gasteiger partial charge in [0, 0.05) is 26.2 Å². The lowest BCUT2D eigenvalue weighted by molar-refractivity contribution is 0.221. The summed E-state index contributed by atoms with van der Waals surface area (Å²) in [6.07, 6.45) is 4.10. The second-order valence-corrected chi connectivity index (χ2v) is 8.28. The lowest BCUT2D eigenvalue weighted by atomic mass is 9.81. The molecule has 1 fully saturated rings. The zero-order chi connectivity index (χ0) is 22.8. The average Bonchev–Trinajstić information content (AvgIpc) is 2.81. The van der Waals surface area contributed by atoms with Gasteiger partial charge in [0.05, 0.1) is 0 Å². The van der Waals surface area contributed by atoms with E-state index >= 15 is 0 Å². The molecule has 0 aromatic heterocycles. The van der Waals surface area contributed by atoms with Crippen molar-refractivity contribution in [2.75, 3.05) is 13.1 Å². The Bertz CT molecular complexity index is 803. The maximum Gasteiger partial charge on any atom is 0.315 e. The van der Waals surface area contributed by atoms with Gasteiger partial charge in [0.15, 0.2) is 0 Å². The van der Waals surface area contributed by atoms with Gasteiger partial charge in [-0.05, 0) is 66.5 Å². The van der Waals surface area contributed by atoms with Crippen LogP contribution >= 0.6 is 0 Å². The minimum Gasteiger partial charge on any atom is -0.338 e. The highest BCUT2D eigenvalue weighted by Crippen LogP contribution is 2.28. The molecule has 8 heteroatoms. The third kappa shape index (κ3) is 8.17. The molecule has 0 saturated heterocycles. The van der Waals surface area contributed by atoms with Crippen LogP contribution in [0.25, 0.3) is 0 Å². The number of hydrogen-bond donors (Lipinski definition) is 4. The van der Waals surface area contributed by atoms with Crippen LogP contribution in [0.3, 0.4) is 0 Å². The van der Waals surface area contributed by atoms with E-state index in [2.05, 4.69) is 21.3 Å². The van der Waals surface area contributed by atoms with E-state index < -0.39 is 0 Å². The fourth-order valence-corrected chi connectivity index (χ4v) is 3.94. The Morgan fingerprint density at radius 1 is 0.688 bits per heavy atom. The SMILES string of the molecule is O=C(NCc1ccc(F)cc1)NC[C@H]1CCC[C@@H](CNC(=O)NCc2ccc(F)cc2)C1. The minimum atomic E-state index is -0.301. The maximum absolute atomic E-state index is 12.9. The van der Waals surface area contributed by atoms with Crippen molar-refractivity contribution < 1.29 is 18.4 Å². The third-order valence-electron chi connectivity index (χ3n) is 5.73. The van der Waals surface area contributed by atoms with Gasteiger partial charge in [0.1, 0.15) is 11.6 Å². The van der Waals surface area contributed by atoms with Crippen LogP contribution in [0.5, 0.6) is 0 Å². The zero-order valence-electron chi connectivity index (χ0n) is 18.0. The summed E-state index contributed by atoms with van der Waals surface area (Å²) in [7, 11) is 0. The van der Waals surface area contributed by atoms with E-state index in [0.717, 1.165) is 36.8 Å². The topological polar surface area (TPSA) is 82.3 Å². The van der Waals surface area contributed by atoms with Gasteiger partial charge in [0.2, 0.25) is 0 Å². The van der Waals surface area contributed by atoms with Gasteiger partial charge < -0.3 is 21.3 Å². The number of nitrogens with one attached hydrogen (secondary N) is 4. The summed E-state index contributed by atoms with van der Waals surface area (Å²) >= 11 is 0. The number of amides is 4. The van der Waals surface area contributed by atoms with Gasteiger partial charge in [-0.2, -0.15) is 0 Å². The number of halogens is 2. The first-order valence-electron chi connectivity index (χ1n) is 11.0. The number of rotatable bonds is 8. The molecule has 0 heterocycles. The van der Waals surface area contributed by atoms with E-state index in [-0.39, 0.29) is 23.7 Å². The molecule has 0 bridgehead atoms. The number of urea groups is 2. The van der Waals surface area contributed by atoms with Crippen LogP contribution in [0.4, 0.5) is 18.4 Å². The molecule has 1 aliphatic rings. The van der Waals surface area contributed by atoms with Gasteiger partial charge >= 0.3 is 12.1 Å². The molecule has 1 aliphatic carbocycles. The van der Waals surface area contributed by atoms with Crippen molar-refractivity contribution in [3.05, 3.63) is 71.3 Å². The standard InChI is InChI=1S/C24H30F2N4O2/c25-21-8-4-17(5-9-21)13-27-23(31)29-15-19-2-1-3-20(12-19)16-30-24(32)28-14-18-6-10-22(26)11-7-18/h4-11,19-20H,1-3,12-16H2,(H2,27,29,31)(H2,28,30,32)/t19-,20+. The van der Waals surface area contributed by atoms with Gasteiger partial charge in [-0.3, -0.25) is 0 Å². The Kier molecular flexibility index (Phi) is 8.83. The highest BCUT2D eigenvalue weighted by atomic mass is 19.1. The molecule has 6 nitrogen and oxygen atoms in total. The van der Waals surface area contributed by atoms with Crippen LogP contribution in [0.2, 0.25) is 0 Å². The first kappa shape index (κ1) is 23.5. The molecule has 4 N–H and O–H groups in total. The normalized spacial score (nSPS) is 17.9. The monoisotopic (exact) mass is 444 g/mol. The molecule has 2 atom stereocenters. The molecule has 0 unspecified atom stereocenters. The Morgan fingerprint density at radius 2 is 1.09 bits per heavy atom. The highest BCUT2D eigenvalue weighted by Gasteiger charge is 2.22. The second kappa shape index (κ2) is 12.0. The van der Waals surface area contributed by atoms with Crippen LogP contribution < -0.4 is 21.3 Å². The molecule has 0 spiro atoms. The van der Waals surface area contributed by atoms with Crippen molar-refractivity contribution in [1.82, 2.24) is 21.3 Å². The molecule has 4 amide bonds. The summed E-state index contributed by atoms with van der Waals surface area (Å²) in [5.74, 6) is 0.138. The van der Waals surface area contributed by atoms with E-state index in [9.17, 15) is 18.4 Å². The Labute approximate surface area is 187 Å². The van der Waals surface area contributed by atoms with Crippen LogP contribution in [0.15, 0.2) is 48.5 Å². The van der Waals surface area contributed by atoms with Gasteiger partial charge in [-0.25, -0.2) is 18.4 Å². The lowest BCUT2D eigenvalue weighted by Crippen LogP contribution is -2.41. The molecular weight excluding hydrogens is 414 g/mol. The van der Waals surface area contributed by atoms with Crippen molar-refractivity contribution in [1.29, 1.82) is 0 Å². The van der Waals surface area contributed by atoms with Gasteiger partial charge in [-0.1, -0.05) is 30.7 Å². The van der Waals surface area contributed by atoms with E-state index in [1.807, 2.05) is 0 Å². The maximum atomic E-state index is 12.9. The number of carbonyl (C=O) groups is 2. The van der Waals surface area contributed by atoms with E-state index in [0.29, 0.717) is 38.0 Å². The molecule has 1 saturated carbocycles. The summed E-state index contributed by atoms with van der Waals surface area (Å²) < 4.78 is 25.9. The first-order valence-corrected chi connectivity index (χ1v) is 11.0. The molecule has 2 aromatic carbocycles. The fourth-order valence-electron chi connectivity index (χ4n) is 3.94. The average molecular weight is 445 g/mol. The lowest BCUT2D eigenvalue weighted by Gasteiger charge is -2.29. The van der Waals surface area contributed by atoms with Gasteiger partial charge in [-0.15, -0.1) is 0 Å². The molecule has 32 heavy (non-hydrogen) atoms. The van der Waals surface area contributed by atoms with Crippen LogP contribution in [-0.4, -0.2) is 25.2 Å². The molecule has 2 aromatic rings. The molecule has 0 radical (unpaired) electrons. The van der Waals surface area contributed by atoms with E-state index in [1.54, 1.807) is 24.3 Å². The number of hydrogen-bond acceptors (Lipinski definition) is 2. The zero-order valence-corrected chi connectivity index (χ0v) is 18.0. The predicted octanol–water partition coefficient (Wildman–Crippen LogP) is 4.07. The largest absolute Gasteiger partial charge is 0.338 e. The summed E-state index contributed by atoms with van der Waals surface area (Å²) in [5, 5.41) is 11.4. The first-order chi connectivity index (χ1) is 15.5. The van der Waals surface area contributed by atoms with Crippen molar-refractivity contribution in [2.24, 2.45) is 11.8 Å². The second-order valence-electron chi connectivity index (χ2n) is 8.28. The molecule has 3 rings (SSSR count). The number of carbonyl (C=O) groups excluding carboxylic acids is 2. The van der Waals surface area contributed by atoms with Crippen molar-refractivity contribution >= 4 is 12.1 Å². The summed E-state index contributed by atoms with van der Waals surface area (Å²) in [6.45, 7) is 1.86. The van der Waals surface area contributed by atoms with Crippen LogP contribution in [0, 0.1) is 23.5 Å². The summed E-state index contributed by atoms with van der Waals surface area (Å²) in [4.78, 5) is 24.1. The number of benzene rings is 2. The van der Waals surface area contributed by atoms with E-state index in [4.69, 9.17) is 0 Å². The van der Waals surface area contributed by atoms with E-state index in [1.165, 1.54) is 24.3 Å². The van der Waals surface area contributed by atoms with Crippen LogP contribution in [-0.2, 0) is 13.1 Å². The smallest absolute Gasteiger partial charge is 0.315 e. The molecule has 0 aliphatic heterocycles. The minimum absolute atomic E-state index is 0.241. The van der Waals surface area contributed by atoms with Crippen molar-refractivity contribution in [3.63, 3.8) is 0 Å². The third-order valence-corrected chi connectivity index (χ3v) is 5.73. The Morgan fingerprint density at radius 3 is 1.50 bits per heavy atom. The van der Waals surface area contributed by atoms with Crippen molar-refractivity contribution in [3.8, 4) is 0 Å². The Hall–Kier alpha value is -3.16.